The third kappa shape index (κ3) is 7.40. The van der Waals surface area contributed by atoms with E-state index in [1.54, 1.807) is 30.8 Å². The number of amides is 2. The molecule has 2 amide bonds. The van der Waals surface area contributed by atoms with Gasteiger partial charge in [0.15, 0.2) is 0 Å². The van der Waals surface area contributed by atoms with Gasteiger partial charge < -0.3 is 15.0 Å². The molecule has 2 rings (SSSR count). The number of carbonyl (C=O) groups excluding carboxylic acids is 2. The summed E-state index contributed by atoms with van der Waals surface area (Å²) in [4.78, 5) is 28.1. The van der Waals surface area contributed by atoms with Crippen LogP contribution in [0, 0.1) is 0 Å². The van der Waals surface area contributed by atoms with Gasteiger partial charge in [-0.25, -0.2) is 0 Å². The summed E-state index contributed by atoms with van der Waals surface area (Å²) in [7, 11) is 3.35. The largest absolute Gasteiger partial charge is 0.573 e. The number of halogens is 3. The van der Waals surface area contributed by atoms with Gasteiger partial charge in [-0.2, -0.15) is 0 Å². The van der Waals surface area contributed by atoms with Crippen LogP contribution in [-0.2, 0) is 16.1 Å². The van der Waals surface area contributed by atoms with Gasteiger partial charge in [0.05, 0.1) is 12.6 Å². The SMILES string of the molecule is C[C@@H](C(=O)N(C)Cc1ccccc1)N(C)CC(=O)Nc1ccc(OC(F)(F)F)cc1. The Kier molecular flexibility index (Phi) is 7.82. The van der Waals surface area contributed by atoms with Crippen LogP contribution in [0.3, 0.4) is 0 Å². The Morgan fingerprint density at radius 2 is 1.63 bits per heavy atom. The number of rotatable bonds is 8. The maximum absolute atomic E-state index is 12.6. The molecule has 9 heteroatoms. The molecule has 0 spiro atoms. The van der Waals surface area contributed by atoms with Crippen molar-refractivity contribution in [1.82, 2.24) is 9.80 Å². The number of hydrogen-bond acceptors (Lipinski definition) is 4. The van der Waals surface area contributed by atoms with E-state index in [1.807, 2.05) is 30.3 Å². The van der Waals surface area contributed by atoms with Crippen molar-refractivity contribution in [2.24, 2.45) is 0 Å². The smallest absolute Gasteiger partial charge is 0.406 e. The predicted octanol–water partition coefficient (Wildman–Crippen LogP) is 3.50. The van der Waals surface area contributed by atoms with Crippen molar-refractivity contribution in [1.29, 1.82) is 0 Å². The zero-order chi connectivity index (χ0) is 22.3. The summed E-state index contributed by atoms with van der Waals surface area (Å²) >= 11 is 0. The summed E-state index contributed by atoms with van der Waals surface area (Å²) in [6.07, 6.45) is -4.77. The molecule has 0 fully saturated rings. The van der Waals surface area contributed by atoms with Crippen molar-refractivity contribution in [3.8, 4) is 5.75 Å². The van der Waals surface area contributed by atoms with E-state index in [4.69, 9.17) is 0 Å². The molecular formula is C21H24F3N3O3. The van der Waals surface area contributed by atoms with Crippen LogP contribution in [0.15, 0.2) is 54.6 Å². The standard InChI is InChI=1S/C21H24F3N3O3/c1-15(20(29)27(3)13-16-7-5-4-6-8-16)26(2)14-19(28)25-17-9-11-18(12-10-17)30-21(22,23)24/h4-12,15H,13-14H2,1-3H3,(H,25,28)/t15-/m0/s1. The Balaban J connectivity index is 1.86. The molecule has 162 valence electrons. The minimum absolute atomic E-state index is 0.0626. The second kappa shape index (κ2) is 10.1. The molecule has 2 aromatic rings. The number of ether oxygens (including phenoxy) is 1. The Morgan fingerprint density at radius 1 is 1.03 bits per heavy atom. The van der Waals surface area contributed by atoms with E-state index in [0.717, 1.165) is 17.7 Å². The molecule has 0 saturated carbocycles. The van der Waals surface area contributed by atoms with Crippen molar-refractivity contribution in [3.05, 3.63) is 60.2 Å². The highest BCUT2D eigenvalue weighted by Gasteiger charge is 2.31. The van der Waals surface area contributed by atoms with E-state index < -0.39 is 18.3 Å². The van der Waals surface area contributed by atoms with Gasteiger partial charge in [-0.1, -0.05) is 30.3 Å². The van der Waals surface area contributed by atoms with Crippen molar-refractivity contribution >= 4 is 17.5 Å². The predicted molar refractivity (Wildman–Crippen MR) is 107 cm³/mol. The highest BCUT2D eigenvalue weighted by molar-refractivity contribution is 5.92. The van der Waals surface area contributed by atoms with Crippen LogP contribution < -0.4 is 10.1 Å². The van der Waals surface area contributed by atoms with Crippen LogP contribution in [0.4, 0.5) is 18.9 Å². The first-order valence-electron chi connectivity index (χ1n) is 9.20. The molecule has 2 aromatic carbocycles. The van der Waals surface area contributed by atoms with Crippen LogP contribution in [-0.4, -0.2) is 54.7 Å². The molecule has 0 saturated heterocycles. The molecule has 0 aliphatic rings. The van der Waals surface area contributed by atoms with Gasteiger partial charge in [-0.3, -0.25) is 14.5 Å². The molecule has 6 nitrogen and oxygen atoms in total. The zero-order valence-electron chi connectivity index (χ0n) is 16.9. The number of carbonyl (C=O) groups is 2. The fourth-order valence-electron chi connectivity index (χ4n) is 2.75. The number of anilines is 1. The summed E-state index contributed by atoms with van der Waals surface area (Å²) in [5, 5.41) is 2.58. The van der Waals surface area contributed by atoms with Crippen molar-refractivity contribution in [2.45, 2.75) is 25.9 Å². The van der Waals surface area contributed by atoms with E-state index in [-0.39, 0.29) is 18.2 Å². The fraction of sp³-hybridized carbons (Fsp3) is 0.333. The van der Waals surface area contributed by atoms with Gasteiger partial charge >= 0.3 is 6.36 Å². The summed E-state index contributed by atoms with van der Waals surface area (Å²) in [6.45, 7) is 2.10. The van der Waals surface area contributed by atoms with Gasteiger partial charge in [0.2, 0.25) is 11.8 Å². The molecule has 1 N–H and O–H groups in total. The molecule has 0 aliphatic heterocycles. The van der Waals surface area contributed by atoms with Gasteiger partial charge in [-0.15, -0.1) is 13.2 Å². The lowest BCUT2D eigenvalue weighted by Crippen LogP contribution is -2.46. The van der Waals surface area contributed by atoms with Crippen LogP contribution >= 0.6 is 0 Å². The van der Waals surface area contributed by atoms with E-state index >= 15 is 0 Å². The summed E-state index contributed by atoms with van der Waals surface area (Å²) in [6, 6.07) is 13.8. The Labute approximate surface area is 173 Å². The minimum Gasteiger partial charge on any atom is -0.406 e. The Morgan fingerprint density at radius 3 is 2.20 bits per heavy atom. The summed E-state index contributed by atoms with van der Waals surface area (Å²) in [5.41, 5.74) is 1.32. The lowest BCUT2D eigenvalue weighted by molar-refractivity contribution is -0.274. The van der Waals surface area contributed by atoms with Crippen molar-refractivity contribution in [2.75, 3.05) is 26.0 Å². The van der Waals surface area contributed by atoms with Crippen molar-refractivity contribution < 1.29 is 27.5 Å². The van der Waals surface area contributed by atoms with Crippen LogP contribution in [0.25, 0.3) is 0 Å². The fourth-order valence-corrected chi connectivity index (χ4v) is 2.75. The third-order valence-electron chi connectivity index (χ3n) is 4.42. The van der Waals surface area contributed by atoms with Gasteiger partial charge in [0, 0.05) is 19.3 Å². The molecule has 0 heterocycles. The van der Waals surface area contributed by atoms with Crippen LogP contribution in [0.2, 0.25) is 0 Å². The maximum Gasteiger partial charge on any atom is 0.573 e. The molecule has 0 radical (unpaired) electrons. The van der Waals surface area contributed by atoms with Gasteiger partial charge in [0.25, 0.3) is 0 Å². The summed E-state index contributed by atoms with van der Waals surface area (Å²) < 4.78 is 40.3. The topological polar surface area (TPSA) is 61.9 Å². The number of likely N-dealkylation sites (N-methyl/N-ethyl adjacent to an activating group) is 2. The van der Waals surface area contributed by atoms with Crippen molar-refractivity contribution in [3.63, 3.8) is 0 Å². The second-order valence-corrected chi connectivity index (χ2v) is 6.89. The normalized spacial score (nSPS) is 12.4. The molecule has 0 unspecified atom stereocenters. The lowest BCUT2D eigenvalue weighted by atomic mass is 10.2. The molecule has 0 bridgehead atoms. The first-order chi connectivity index (χ1) is 14.0. The molecule has 0 aromatic heterocycles. The average molecular weight is 423 g/mol. The molecule has 1 atom stereocenters. The monoisotopic (exact) mass is 423 g/mol. The lowest BCUT2D eigenvalue weighted by Gasteiger charge is -2.27. The Bertz CT molecular complexity index is 842. The number of nitrogens with zero attached hydrogens (tertiary/aromatic N) is 2. The number of benzene rings is 2. The van der Waals surface area contributed by atoms with E-state index in [1.165, 1.54) is 12.1 Å². The highest BCUT2D eigenvalue weighted by Crippen LogP contribution is 2.23. The minimum atomic E-state index is -4.77. The van der Waals surface area contributed by atoms with E-state index in [0.29, 0.717) is 12.2 Å². The molecular weight excluding hydrogens is 399 g/mol. The average Bonchev–Trinajstić information content (AvgIpc) is 2.67. The number of alkyl halides is 3. The molecule has 30 heavy (non-hydrogen) atoms. The zero-order valence-corrected chi connectivity index (χ0v) is 16.9. The third-order valence-corrected chi connectivity index (χ3v) is 4.42. The van der Waals surface area contributed by atoms with Crippen LogP contribution in [0.1, 0.15) is 12.5 Å². The van der Waals surface area contributed by atoms with E-state index in [9.17, 15) is 22.8 Å². The Hall–Kier alpha value is -3.07. The quantitative estimate of drug-likeness (QED) is 0.706. The first-order valence-corrected chi connectivity index (χ1v) is 9.20. The summed E-state index contributed by atoms with van der Waals surface area (Å²) in [5.74, 6) is -0.909. The highest BCUT2D eigenvalue weighted by atomic mass is 19.4. The second-order valence-electron chi connectivity index (χ2n) is 6.89. The van der Waals surface area contributed by atoms with Crippen LogP contribution in [0.5, 0.6) is 5.75 Å². The van der Waals surface area contributed by atoms with Gasteiger partial charge in [0.1, 0.15) is 5.75 Å². The van der Waals surface area contributed by atoms with E-state index in [2.05, 4.69) is 10.1 Å². The molecule has 0 aliphatic carbocycles. The maximum atomic E-state index is 12.6. The number of nitrogens with one attached hydrogen (secondary N) is 1. The number of hydrogen-bond donors (Lipinski definition) is 1. The van der Waals surface area contributed by atoms with Gasteiger partial charge in [-0.05, 0) is 43.8 Å². The first kappa shape index (κ1) is 23.2.